The van der Waals surface area contributed by atoms with Gasteiger partial charge in [0.1, 0.15) is 6.61 Å². The lowest BCUT2D eigenvalue weighted by Gasteiger charge is -2.00. The third kappa shape index (κ3) is 28.4. The number of carbonyl (C=O) groups is 4. The maximum atomic E-state index is 11.1. The number of hydrogen-bond donors (Lipinski definition) is 3. The van der Waals surface area contributed by atoms with E-state index in [1.807, 2.05) is 12.2 Å². The second kappa shape index (κ2) is 20.9. The number of carboxylic acid groups (broad SMARTS) is 3. The van der Waals surface area contributed by atoms with Crippen molar-refractivity contribution in [3.8, 4) is 0 Å². The number of allylic oxidation sites excluding steroid dienone is 1. The van der Waals surface area contributed by atoms with Crippen LogP contribution in [0.3, 0.4) is 0 Å². The summed E-state index contributed by atoms with van der Waals surface area (Å²) in [6.45, 7) is 2.47. The van der Waals surface area contributed by atoms with E-state index in [-0.39, 0.29) is 32.3 Å². The van der Waals surface area contributed by atoms with E-state index in [0.29, 0.717) is 0 Å². The molecule has 0 aliphatic rings. The Balaban J connectivity index is 0. The number of aliphatic carboxylic acids is 3. The molecule has 0 rings (SSSR count). The van der Waals surface area contributed by atoms with E-state index >= 15 is 0 Å². The molecule has 0 atom stereocenters. The van der Waals surface area contributed by atoms with Crippen molar-refractivity contribution < 1.29 is 39.2 Å². The van der Waals surface area contributed by atoms with E-state index in [1.165, 1.54) is 44.9 Å². The van der Waals surface area contributed by atoms with E-state index < -0.39 is 23.9 Å². The average molecular weight is 402 g/mol. The summed E-state index contributed by atoms with van der Waals surface area (Å²) in [5.74, 6) is -3.58. The first-order chi connectivity index (χ1) is 13.3. The third-order valence-corrected chi connectivity index (χ3v) is 3.58. The molecule has 162 valence electrons. The first-order valence-electron chi connectivity index (χ1n) is 9.75. The highest BCUT2D eigenvalue weighted by Crippen LogP contribution is 2.08. The van der Waals surface area contributed by atoms with Crippen molar-refractivity contribution in [2.24, 2.45) is 0 Å². The molecule has 0 radical (unpaired) electrons. The molecule has 0 aromatic heterocycles. The minimum atomic E-state index is -1.08. The van der Waals surface area contributed by atoms with Gasteiger partial charge in [-0.3, -0.25) is 19.2 Å². The first-order valence-corrected chi connectivity index (χ1v) is 9.75. The van der Waals surface area contributed by atoms with Crippen LogP contribution >= 0.6 is 0 Å². The second-order valence-electron chi connectivity index (χ2n) is 6.25. The lowest BCUT2D eigenvalue weighted by Crippen LogP contribution is -2.07. The Morgan fingerprint density at radius 2 is 1.14 bits per heavy atom. The fourth-order valence-electron chi connectivity index (χ4n) is 2.04. The number of carbonyl (C=O) groups excluding carboxylic acids is 1. The number of esters is 1. The van der Waals surface area contributed by atoms with Gasteiger partial charge in [-0.15, -0.1) is 0 Å². The molecule has 0 saturated heterocycles. The quantitative estimate of drug-likeness (QED) is 0.200. The van der Waals surface area contributed by atoms with Gasteiger partial charge in [0.05, 0.1) is 25.7 Å². The van der Waals surface area contributed by atoms with Crippen LogP contribution in [0.4, 0.5) is 0 Å². The monoisotopic (exact) mass is 402 g/mol. The van der Waals surface area contributed by atoms with Crippen LogP contribution in [0.1, 0.15) is 84.0 Å². The topological polar surface area (TPSA) is 138 Å². The van der Waals surface area contributed by atoms with Crippen molar-refractivity contribution in [3.63, 3.8) is 0 Å². The minimum absolute atomic E-state index is 0.0546. The zero-order valence-electron chi connectivity index (χ0n) is 16.7. The van der Waals surface area contributed by atoms with Crippen molar-refractivity contribution in [3.05, 3.63) is 12.2 Å². The predicted octanol–water partition coefficient (Wildman–Crippen LogP) is 4.03. The van der Waals surface area contributed by atoms with E-state index in [4.69, 9.17) is 20.1 Å². The number of ether oxygens (including phenoxy) is 1. The van der Waals surface area contributed by atoms with Gasteiger partial charge in [-0.05, 0) is 12.8 Å². The number of unbranched alkanes of at least 4 members (excludes halogenated alkanes) is 7. The Kier molecular flexibility index (Phi) is 20.8. The fourth-order valence-corrected chi connectivity index (χ4v) is 2.04. The van der Waals surface area contributed by atoms with Gasteiger partial charge in [0, 0.05) is 0 Å². The molecule has 0 fully saturated rings. The number of hydrogen-bond acceptors (Lipinski definition) is 5. The van der Waals surface area contributed by atoms with Gasteiger partial charge in [0.15, 0.2) is 0 Å². The highest BCUT2D eigenvalue weighted by atomic mass is 16.5. The molecule has 0 unspecified atom stereocenters. The van der Waals surface area contributed by atoms with Crippen LogP contribution in [0.5, 0.6) is 0 Å². The van der Waals surface area contributed by atoms with E-state index in [1.54, 1.807) is 0 Å². The molecule has 0 aromatic carbocycles. The molecule has 8 heteroatoms. The Morgan fingerprint density at radius 1 is 0.679 bits per heavy atom. The Hall–Kier alpha value is -2.38. The van der Waals surface area contributed by atoms with Crippen LogP contribution in [0.2, 0.25) is 0 Å². The van der Waals surface area contributed by atoms with Crippen LogP contribution < -0.4 is 0 Å². The van der Waals surface area contributed by atoms with Crippen molar-refractivity contribution in [1.29, 1.82) is 0 Å². The molecule has 0 aliphatic heterocycles. The maximum Gasteiger partial charge on any atom is 0.306 e. The van der Waals surface area contributed by atoms with E-state index in [9.17, 15) is 19.2 Å². The molecular formula is C20H34O8. The van der Waals surface area contributed by atoms with Crippen LogP contribution in [-0.4, -0.2) is 45.8 Å². The smallest absolute Gasteiger partial charge is 0.306 e. The molecule has 0 heterocycles. The second-order valence-corrected chi connectivity index (χ2v) is 6.25. The highest BCUT2D eigenvalue weighted by molar-refractivity contribution is 5.76. The van der Waals surface area contributed by atoms with Gasteiger partial charge in [0.2, 0.25) is 0 Å². The molecule has 0 bridgehead atoms. The Bertz CT molecular complexity index is 457. The van der Waals surface area contributed by atoms with Crippen LogP contribution in [0.15, 0.2) is 12.2 Å². The van der Waals surface area contributed by atoms with Crippen molar-refractivity contribution in [2.45, 2.75) is 84.0 Å². The molecule has 0 saturated carbocycles. The van der Waals surface area contributed by atoms with Crippen LogP contribution in [0.25, 0.3) is 0 Å². The maximum absolute atomic E-state index is 11.1. The van der Waals surface area contributed by atoms with Gasteiger partial charge in [0.25, 0.3) is 0 Å². The zero-order valence-corrected chi connectivity index (χ0v) is 16.7. The molecule has 8 nitrogen and oxygen atoms in total. The predicted molar refractivity (Wildman–Crippen MR) is 104 cm³/mol. The van der Waals surface area contributed by atoms with Crippen molar-refractivity contribution >= 4 is 23.9 Å². The molecule has 0 amide bonds. The summed E-state index contributed by atoms with van der Waals surface area (Å²) in [6.07, 6.45) is 13.1. The lowest BCUT2D eigenvalue weighted by atomic mass is 10.1. The van der Waals surface area contributed by atoms with Crippen molar-refractivity contribution in [1.82, 2.24) is 0 Å². The molecular weight excluding hydrogens is 368 g/mol. The zero-order chi connectivity index (χ0) is 21.6. The fraction of sp³-hybridized carbons (Fsp3) is 0.700. The first kappa shape index (κ1) is 27.8. The summed E-state index contributed by atoms with van der Waals surface area (Å²) in [5, 5.41) is 24.2. The summed E-state index contributed by atoms with van der Waals surface area (Å²) in [7, 11) is 0. The van der Waals surface area contributed by atoms with Gasteiger partial charge in [-0.2, -0.15) is 0 Å². The normalized spacial score (nSPS) is 10.2. The summed E-state index contributed by atoms with van der Waals surface area (Å²) in [6, 6.07) is 0. The van der Waals surface area contributed by atoms with Gasteiger partial charge in [-0.1, -0.05) is 57.6 Å². The average Bonchev–Trinajstić information content (AvgIpc) is 2.63. The number of carboxylic acids is 3. The van der Waals surface area contributed by atoms with Gasteiger partial charge >= 0.3 is 23.9 Å². The number of rotatable bonds is 16. The molecule has 0 aliphatic carbocycles. The summed E-state index contributed by atoms with van der Waals surface area (Å²) >= 11 is 0. The molecule has 3 N–H and O–H groups in total. The van der Waals surface area contributed by atoms with E-state index in [2.05, 4.69) is 6.92 Å². The lowest BCUT2D eigenvalue weighted by molar-refractivity contribution is -0.146. The Morgan fingerprint density at radius 3 is 1.64 bits per heavy atom. The van der Waals surface area contributed by atoms with Crippen molar-refractivity contribution in [2.75, 3.05) is 6.61 Å². The molecule has 0 spiro atoms. The summed E-state index contributed by atoms with van der Waals surface area (Å²) in [5.41, 5.74) is 0. The van der Waals surface area contributed by atoms with Crippen LogP contribution in [0, 0.1) is 0 Å². The molecule has 0 aromatic rings. The van der Waals surface area contributed by atoms with E-state index in [0.717, 1.165) is 6.42 Å². The summed E-state index contributed by atoms with van der Waals surface area (Å²) < 4.78 is 4.88. The minimum Gasteiger partial charge on any atom is -0.481 e. The largest absolute Gasteiger partial charge is 0.481 e. The SMILES string of the molecule is CCCCCCCCCC=CCOC(=O)CCC(=O)O.O=C(O)CCC(=O)O. The standard InChI is InChI=1S/C16H28O4.C4H6O4/c1-2-3-4-5-6-7-8-9-10-11-14-20-16(19)13-12-15(17)18;5-3(6)1-2-4(7)8/h10-11H,2-9,12-14H2,1H3,(H,17,18);1-2H2,(H,5,6)(H,7,8). The molecule has 28 heavy (non-hydrogen) atoms. The highest BCUT2D eigenvalue weighted by Gasteiger charge is 2.04. The van der Waals surface area contributed by atoms with Crippen LogP contribution in [-0.2, 0) is 23.9 Å². The van der Waals surface area contributed by atoms with Gasteiger partial charge in [-0.25, -0.2) is 0 Å². The summed E-state index contributed by atoms with van der Waals surface area (Å²) in [4.78, 5) is 40.6. The third-order valence-electron chi connectivity index (χ3n) is 3.58. The Labute approximate surface area is 166 Å². The van der Waals surface area contributed by atoms with Gasteiger partial charge < -0.3 is 20.1 Å².